The first kappa shape index (κ1) is 27.4. The first-order valence-corrected chi connectivity index (χ1v) is 14.0. The molecule has 2 aliphatic rings. The van der Waals surface area contributed by atoms with Crippen LogP contribution in [-0.4, -0.2) is 34.4 Å². The van der Waals surface area contributed by atoms with E-state index in [2.05, 4.69) is 31.1 Å². The first-order chi connectivity index (χ1) is 19.1. The van der Waals surface area contributed by atoms with Crippen LogP contribution in [0.4, 0.5) is 5.69 Å². The highest BCUT2D eigenvalue weighted by Gasteiger charge is 2.36. The van der Waals surface area contributed by atoms with Gasteiger partial charge in [-0.15, -0.1) is 0 Å². The molecule has 1 atom stereocenters. The van der Waals surface area contributed by atoms with Crippen molar-refractivity contribution in [1.82, 2.24) is 10.3 Å². The van der Waals surface area contributed by atoms with Crippen LogP contribution in [0.25, 0.3) is 0 Å². The van der Waals surface area contributed by atoms with Gasteiger partial charge in [0, 0.05) is 47.2 Å². The third-order valence-corrected chi connectivity index (χ3v) is 7.89. The molecule has 1 unspecified atom stereocenters. The molecule has 206 valence electrons. The van der Waals surface area contributed by atoms with Crippen molar-refractivity contribution in [3.63, 3.8) is 0 Å². The fourth-order valence-electron chi connectivity index (χ4n) is 5.61. The van der Waals surface area contributed by atoms with Gasteiger partial charge in [0.2, 0.25) is 17.5 Å². The Hall–Kier alpha value is -4.13. The van der Waals surface area contributed by atoms with Gasteiger partial charge in [-0.1, -0.05) is 64.3 Å². The number of pyridine rings is 1. The summed E-state index contributed by atoms with van der Waals surface area (Å²) < 4.78 is 0. The number of nitrogens with one attached hydrogen (secondary N) is 1. The summed E-state index contributed by atoms with van der Waals surface area (Å²) in [5.74, 6) is -1.77. The molecule has 0 spiro atoms. The lowest BCUT2D eigenvalue weighted by atomic mass is 9.87. The number of anilines is 1. The molecule has 1 fully saturated rings. The van der Waals surface area contributed by atoms with Crippen molar-refractivity contribution in [2.24, 2.45) is 0 Å². The zero-order chi connectivity index (χ0) is 28.4. The van der Waals surface area contributed by atoms with E-state index in [1.807, 2.05) is 24.3 Å². The van der Waals surface area contributed by atoms with Crippen LogP contribution in [0.1, 0.15) is 96.3 Å². The summed E-state index contributed by atoms with van der Waals surface area (Å²) in [7, 11) is 0. The van der Waals surface area contributed by atoms with E-state index in [0.717, 1.165) is 37.7 Å². The Morgan fingerprint density at radius 1 is 0.975 bits per heavy atom. The molecule has 0 aliphatic heterocycles. The van der Waals surface area contributed by atoms with Crippen molar-refractivity contribution < 1.29 is 19.2 Å². The number of rotatable bonds is 6. The number of aromatic nitrogens is 1. The molecule has 7 nitrogen and oxygen atoms in total. The Bertz CT molecular complexity index is 1430. The molecule has 0 radical (unpaired) electrons. The minimum atomic E-state index is -0.991. The number of benzene rings is 2. The van der Waals surface area contributed by atoms with Gasteiger partial charge in [-0.3, -0.25) is 29.1 Å². The average molecular weight is 538 g/mol. The molecule has 1 aromatic heterocycles. The van der Waals surface area contributed by atoms with Crippen molar-refractivity contribution in [2.45, 2.75) is 76.8 Å². The van der Waals surface area contributed by atoms with Crippen molar-refractivity contribution in [3.8, 4) is 0 Å². The molecule has 5 rings (SSSR count). The van der Waals surface area contributed by atoms with Crippen LogP contribution in [0, 0.1) is 0 Å². The van der Waals surface area contributed by atoms with E-state index in [9.17, 15) is 19.2 Å². The number of nitrogens with zero attached hydrogens (tertiary/aromatic N) is 2. The molecule has 2 aliphatic carbocycles. The Balaban J connectivity index is 1.61. The third-order valence-electron chi connectivity index (χ3n) is 7.89. The van der Waals surface area contributed by atoms with Gasteiger partial charge >= 0.3 is 0 Å². The number of hydrogen-bond acceptors (Lipinski definition) is 5. The Morgan fingerprint density at radius 3 is 2.35 bits per heavy atom. The molecule has 1 heterocycles. The summed E-state index contributed by atoms with van der Waals surface area (Å²) in [6.07, 6.45) is 8.36. The van der Waals surface area contributed by atoms with E-state index in [4.69, 9.17) is 0 Å². The van der Waals surface area contributed by atoms with Crippen LogP contribution in [-0.2, 0) is 21.4 Å². The van der Waals surface area contributed by atoms with Gasteiger partial charge in [-0.25, -0.2) is 0 Å². The normalized spacial score (nSPS) is 16.4. The molecular formula is C33H35N3O4. The van der Waals surface area contributed by atoms with E-state index in [-0.39, 0.29) is 34.9 Å². The molecule has 2 aromatic carbocycles. The maximum Gasteiger partial charge on any atom is 0.259 e. The van der Waals surface area contributed by atoms with Gasteiger partial charge in [0.25, 0.3) is 5.91 Å². The highest BCUT2D eigenvalue weighted by Crippen LogP contribution is 2.33. The lowest BCUT2D eigenvalue weighted by Crippen LogP contribution is -2.47. The second kappa shape index (κ2) is 11.2. The van der Waals surface area contributed by atoms with E-state index in [0.29, 0.717) is 16.8 Å². The van der Waals surface area contributed by atoms with E-state index in [1.54, 1.807) is 36.7 Å². The van der Waals surface area contributed by atoms with Crippen LogP contribution in [0.2, 0.25) is 0 Å². The zero-order valence-electron chi connectivity index (χ0n) is 23.3. The van der Waals surface area contributed by atoms with Gasteiger partial charge in [0.1, 0.15) is 6.04 Å². The number of carbonyl (C=O) groups is 4. The first-order valence-electron chi connectivity index (χ1n) is 14.0. The summed E-state index contributed by atoms with van der Waals surface area (Å²) in [6.45, 7) is 6.34. The molecule has 3 aromatic rings. The van der Waals surface area contributed by atoms with Gasteiger partial charge in [-0.05, 0) is 59.7 Å². The Kier molecular flexibility index (Phi) is 7.66. The van der Waals surface area contributed by atoms with Gasteiger partial charge in [0.15, 0.2) is 0 Å². The van der Waals surface area contributed by atoms with Crippen LogP contribution >= 0.6 is 0 Å². The predicted octanol–water partition coefficient (Wildman–Crippen LogP) is 5.52. The summed E-state index contributed by atoms with van der Waals surface area (Å²) >= 11 is 0. The van der Waals surface area contributed by atoms with Crippen LogP contribution in [0.5, 0.6) is 0 Å². The number of Topliss-reactive ketones (excluding diaryl/α,β-unsaturated/α-hetero) is 2. The fraction of sp³-hybridized carbons (Fsp3) is 0.364. The lowest BCUT2D eigenvalue weighted by molar-refractivity contribution is -0.123. The monoisotopic (exact) mass is 537 g/mol. The van der Waals surface area contributed by atoms with Crippen molar-refractivity contribution in [3.05, 3.63) is 94.8 Å². The number of amides is 2. The molecular weight excluding hydrogens is 502 g/mol. The van der Waals surface area contributed by atoms with E-state index >= 15 is 0 Å². The zero-order valence-corrected chi connectivity index (χ0v) is 23.3. The molecule has 1 saturated carbocycles. The molecule has 40 heavy (non-hydrogen) atoms. The molecule has 7 heteroatoms. The predicted molar refractivity (Wildman–Crippen MR) is 153 cm³/mol. The molecule has 0 saturated heterocycles. The summed E-state index contributed by atoms with van der Waals surface area (Å²) in [6, 6.07) is 15.0. The van der Waals surface area contributed by atoms with Crippen molar-refractivity contribution in [1.29, 1.82) is 0 Å². The second-order valence-electron chi connectivity index (χ2n) is 11.8. The lowest BCUT2D eigenvalue weighted by Gasteiger charge is -2.34. The smallest absolute Gasteiger partial charge is 0.259 e. The number of hydrogen-bond donors (Lipinski definition) is 1. The molecule has 2 amide bonds. The van der Waals surface area contributed by atoms with Crippen LogP contribution < -0.4 is 10.2 Å². The number of fused-ring (bicyclic) bond motifs is 1. The minimum Gasteiger partial charge on any atom is -0.351 e. The minimum absolute atomic E-state index is 0.0444. The van der Waals surface area contributed by atoms with Crippen molar-refractivity contribution in [2.75, 3.05) is 4.90 Å². The summed E-state index contributed by atoms with van der Waals surface area (Å²) in [5.41, 5.74) is 3.23. The Morgan fingerprint density at radius 2 is 1.70 bits per heavy atom. The number of carbonyl (C=O) groups excluding carboxylic acids is 4. The highest BCUT2D eigenvalue weighted by molar-refractivity contribution is 6.47. The summed E-state index contributed by atoms with van der Waals surface area (Å²) in [5, 5.41) is 3.20. The van der Waals surface area contributed by atoms with Gasteiger partial charge in [-0.2, -0.15) is 0 Å². The van der Waals surface area contributed by atoms with Crippen molar-refractivity contribution >= 4 is 29.1 Å². The van der Waals surface area contributed by atoms with Gasteiger partial charge < -0.3 is 5.32 Å². The van der Waals surface area contributed by atoms with Crippen LogP contribution in [0.3, 0.4) is 0 Å². The SMILES string of the molecule is CC(C)(C)c1ccc(N(C(=O)c2ccc3c(c2)C(=O)C(=O)C3)C(C(=O)NC2CCCCC2)c2cccnc2)cc1. The second-order valence-corrected chi connectivity index (χ2v) is 11.8. The summed E-state index contributed by atoms with van der Waals surface area (Å²) in [4.78, 5) is 58.7. The van der Waals surface area contributed by atoms with Crippen LogP contribution in [0.15, 0.2) is 67.0 Å². The maximum atomic E-state index is 14.4. The van der Waals surface area contributed by atoms with Gasteiger partial charge in [0.05, 0.1) is 0 Å². The molecule has 1 N–H and O–H groups in total. The third kappa shape index (κ3) is 5.60. The average Bonchev–Trinajstić information content (AvgIpc) is 3.24. The fourth-order valence-corrected chi connectivity index (χ4v) is 5.61. The standard InChI is InChI=1S/C33H35N3O4/c1-33(2,3)24-13-15-26(16-14-24)36(32(40)22-12-11-21-19-28(37)30(38)27(21)18-22)29(23-8-7-17-34-20-23)31(39)35-25-9-5-4-6-10-25/h7-8,11-18,20,25,29H,4-6,9-10,19H2,1-3H3,(H,35,39). The Labute approximate surface area is 235 Å². The van der Waals surface area contributed by atoms with E-state index in [1.165, 1.54) is 11.0 Å². The molecule has 0 bridgehead atoms. The topological polar surface area (TPSA) is 96.4 Å². The highest BCUT2D eigenvalue weighted by atomic mass is 16.2. The largest absolute Gasteiger partial charge is 0.351 e. The number of ketones is 2. The van der Waals surface area contributed by atoms with E-state index < -0.39 is 23.5 Å². The quantitative estimate of drug-likeness (QED) is 0.418. The maximum absolute atomic E-state index is 14.4.